The molecule has 0 fully saturated rings. The second-order valence-corrected chi connectivity index (χ2v) is 7.30. The number of aliphatic hydroxyl groups is 1. The van der Waals surface area contributed by atoms with Gasteiger partial charge in [-0.15, -0.1) is 0 Å². The van der Waals surface area contributed by atoms with Crippen molar-refractivity contribution in [2.75, 3.05) is 13.4 Å². The minimum atomic E-state index is -0.967. The van der Waals surface area contributed by atoms with Crippen molar-refractivity contribution >= 4 is 10.8 Å². The number of hydrogen-bond donors (Lipinski definition) is 2. The molecule has 2 rings (SSSR count). The molecule has 0 aliphatic carbocycles. The topological polar surface area (TPSA) is 58.6 Å². The lowest BCUT2D eigenvalue weighted by Gasteiger charge is -2.25. The van der Waals surface area contributed by atoms with Gasteiger partial charge in [0, 0.05) is 34.0 Å². The van der Waals surface area contributed by atoms with Gasteiger partial charge in [-0.2, -0.15) is 0 Å². The van der Waals surface area contributed by atoms with Gasteiger partial charge < -0.3 is 15.2 Å². The summed E-state index contributed by atoms with van der Waals surface area (Å²) in [4.78, 5) is 0.817. The third-order valence-corrected chi connectivity index (χ3v) is 5.09. The van der Waals surface area contributed by atoms with Gasteiger partial charge in [-0.05, 0) is 49.2 Å². The van der Waals surface area contributed by atoms with E-state index in [-0.39, 0.29) is 12.1 Å². The number of hydrogen-bond acceptors (Lipinski definition) is 4. The molecule has 4 nitrogen and oxygen atoms in total. The second-order valence-electron chi connectivity index (χ2n) is 5.92. The standard InChI is InChI=1S/C19H25NO3S/c1-13(15-7-11-18(12-8-15)24(4)22)20-14(2)19(21)16-5-9-17(23-3)10-6-16/h5-14,19-21H,1-4H3. The molecule has 130 valence electrons. The summed E-state index contributed by atoms with van der Waals surface area (Å²) in [6.45, 7) is 4.01. The van der Waals surface area contributed by atoms with Crippen molar-refractivity contribution in [3.63, 3.8) is 0 Å². The highest BCUT2D eigenvalue weighted by Gasteiger charge is 2.19. The van der Waals surface area contributed by atoms with Crippen LogP contribution in [0.1, 0.15) is 37.1 Å². The number of aliphatic hydroxyl groups excluding tert-OH is 1. The molecule has 5 heteroatoms. The van der Waals surface area contributed by atoms with Crippen molar-refractivity contribution in [1.82, 2.24) is 5.32 Å². The van der Waals surface area contributed by atoms with Gasteiger partial charge in [-0.3, -0.25) is 4.21 Å². The maximum Gasteiger partial charge on any atom is 0.118 e. The molecule has 24 heavy (non-hydrogen) atoms. The third-order valence-electron chi connectivity index (χ3n) is 4.16. The molecule has 0 spiro atoms. The Labute approximate surface area is 146 Å². The maximum absolute atomic E-state index is 11.4. The number of benzene rings is 2. The number of ether oxygens (including phenoxy) is 1. The molecule has 2 N–H and O–H groups in total. The summed E-state index contributed by atoms with van der Waals surface area (Å²) in [5.41, 5.74) is 1.94. The summed E-state index contributed by atoms with van der Waals surface area (Å²) in [6.07, 6.45) is 1.06. The van der Waals surface area contributed by atoms with Crippen LogP contribution in [0, 0.1) is 0 Å². The van der Waals surface area contributed by atoms with Gasteiger partial charge >= 0.3 is 0 Å². The zero-order chi connectivity index (χ0) is 17.7. The van der Waals surface area contributed by atoms with Crippen LogP contribution >= 0.6 is 0 Å². The van der Waals surface area contributed by atoms with Crippen molar-refractivity contribution in [3.8, 4) is 5.75 Å². The Morgan fingerprint density at radius 3 is 2.04 bits per heavy atom. The molecule has 2 aromatic rings. The summed E-state index contributed by atoms with van der Waals surface area (Å²) < 4.78 is 16.6. The third kappa shape index (κ3) is 4.66. The summed E-state index contributed by atoms with van der Waals surface area (Å²) >= 11 is 0. The largest absolute Gasteiger partial charge is 0.497 e. The van der Waals surface area contributed by atoms with E-state index in [1.54, 1.807) is 13.4 Å². The summed E-state index contributed by atoms with van der Waals surface area (Å²) in [5.74, 6) is 0.772. The highest BCUT2D eigenvalue weighted by Crippen LogP contribution is 2.23. The van der Waals surface area contributed by atoms with Crippen LogP contribution in [0.25, 0.3) is 0 Å². The molecule has 2 aromatic carbocycles. The highest BCUT2D eigenvalue weighted by molar-refractivity contribution is 7.84. The van der Waals surface area contributed by atoms with Crippen LogP contribution in [0.2, 0.25) is 0 Å². The van der Waals surface area contributed by atoms with Crippen LogP contribution in [0.15, 0.2) is 53.4 Å². The molecule has 0 amide bonds. The van der Waals surface area contributed by atoms with Gasteiger partial charge in [0.05, 0.1) is 13.2 Å². The molecule has 4 atom stereocenters. The summed E-state index contributed by atoms with van der Waals surface area (Å²) in [6, 6.07) is 15.1. The minimum absolute atomic E-state index is 0.0761. The molecule has 0 aliphatic heterocycles. The van der Waals surface area contributed by atoms with E-state index in [4.69, 9.17) is 4.74 Å². The van der Waals surface area contributed by atoms with E-state index >= 15 is 0 Å². The summed E-state index contributed by atoms with van der Waals surface area (Å²) in [5, 5.41) is 13.9. The van der Waals surface area contributed by atoms with Crippen molar-refractivity contribution in [2.24, 2.45) is 0 Å². The van der Waals surface area contributed by atoms with Gasteiger partial charge in [0.2, 0.25) is 0 Å². The average molecular weight is 347 g/mol. The Morgan fingerprint density at radius 1 is 1.00 bits per heavy atom. The fraction of sp³-hybridized carbons (Fsp3) is 0.368. The zero-order valence-electron chi connectivity index (χ0n) is 14.5. The number of nitrogens with one attached hydrogen (secondary N) is 1. The monoisotopic (exact) mass is 347 g/mol. The Balaban J connectivity index is 2.01. The molecule has 0 radical (unpaired) electrons. The smallest absolute Gasteiger partial charge is 0.118 e. The van der Waals surface area contributed by atoms with Crippen LogP contribution in [-0.4, -0.2) is 28.7 Å². The molecule has 4 unspecified atom stereocenters. The fourth-order valence-electron chi connectivity index (χ4n) is 2.62. The fourth-order valence-corrected chi connectivity index (χ4v) is 3.14. The Hall–Kier alpha value is -1.69. The van der Waals surface area contributed by atoms with E-state index < -0.39 is 16.9 Å². The van der Waals surface area contributed by atoms with Gasteiger partial charge in [-0.1, -0.05) is 24.3 Å². The first-order valence-corrected chi connectivity index (χ1v) is 9.49. The molecule has 0 saturated heterocycles. The molecule has 0 aromatic heterocycles. The first kappa shape index (κ1) is 18.6. The van der Waals surface area contributed by atoms with E-state index in [0.717, 1.165) is 21.8 Å². The average Bonchev–Trinajstić information content (AvgIpc) is 2.61. The normalized spacial score (nSPS) is 16.2. The second kappa shape index (κ2) is 8.42. The van der Waals surface area contributed by atoms with Crippen molar-refractivity contribution in [3.05, 3.63) is 59.7 Å². The van der Waals surface area contributed by atoms with E-state index in [9.17, 15) is 9.32 Å². The molecule has 0 saturated carbocycles. The van der Waals surface area contributed by atoms with E-state index in [1.165, 1.54) is 0 Å². The lowest BCUT2D eigenvalue weighted by Crippen LogP contribution is -2.34. The predicted molar refractivity (Wildman–Crippen MR) is 97.7 cm³/mol. The van der Waals surface area contributed by atoms with Crippen LogP contribution in [0.4, 0.5) is 0 Å². The Bertz CT molecular complexity index is 670. The number of rotatable bonds is 7. The van der Waals surface area contributed by atoms with Crippen molar-refractivity contribution < 1.29 is 14.1 Å². The van der Waals surface area contributed by atoms with E-state index in [1.807, 2.05) is 55.5 Å². The molecular weight excluding hydrogens is 322 g/mol. The molecule has 0 aliphatic rings. The summed E-state index contributed by atoms with van der Waals surface area (Å²) in [7, 11) is 0.655. The SMILES string of the molecule is COc1ccc(C(O)C(C)NC(C)c2ccc(S(C)=O)cc2)cc1. The van der Waals surface area contributed by atoms with E-state index in [0.29, 0.717) is 0 Å². The van der Waals surface area contributed by atoms with Crippen LogP contribution in [-0.2, 0) is 10.8 Å². The van der Waals surface area contributed by atoms with Gasteiger partial charge in [0.25, 0.3) is 0 Å². The molecule has 0 heterocycles. The first-order chi connectivity index (χ1) is 11.4. The van der Waals surface area contributed by atoms with Gasteiger partial charge in [0.15, 0.2) is 0 Å². The highest BCUT2D eigenvalue weighted by atomic mass is 32.2. The Morgan fingerprint density at radius 2 is 1.54 bits per heavy atom. The van der Waals surface area contributed by atoms with Crippen LogP contribution in [0.3, 0.4) is 0 Å². The zero-order valence-corrected chi connectivity index (χ0v) is 15.3. The lowest BCUT2D eigenvalue weighted by atomic mass is 10.0. The van der Waals surface area contributed by atoms with Gasteiger partial charge in [0.1, 0.15) is 5.75 Å². The van der Waals surface area contributed by atoms with Gasteiger partial charge in [-0.25, -0.2) is 0 Å². The Kier molecular flexibility index (Phi) is 6.54. The van der Waals surface area contributed by atoms with Crippen LogP contribution < -0.4 is 10.1 Å². The lowest BCUT2D eigenvalue weighted by molar-refractivity contribution is 0.130. The van der Waals surface area contributed by atoms with Crippen molar-refractivity contribution in [2.45, 2.75) is 36.9 Å². The predicted octanol–water partition coefficient (Wildman–Crippen LogP) is 3.21. The maximum atomic E-state index is 11.4. The van der Waals surface area contributed by atoms with E-state index in [2.05, 4.69) is 12.2 Å². The van der Waals surface area contributed by atoms with Crippen molar-refractivity contribution in [1.29, 1.82) is 0 Å². The van der Waals surface area contributed by atoms with Crippen LogP contribution in [0.5, 0.6) is 5.75 Å². The molecular formula is C19H25NO3S. The minimum Gasteiger partial charge on any atom is -0.497 e. The first-order valence-electron chi connectivity index (χ1n) is 7.94. The number of methoxy groups -OCH3 is 1. The molecule has 0 bridgehead atoms. The quantitative estimate of drug-likeness (QED) is 0.807.